The molecule has 3 amide bonds. The molecule has 9 heteroatoms. The molecule has 1 atom stereocenters. The summed E-state index contributed by atoms with van der Waals surface area (Å²) in [4.78, 5) is 38.6. The van der Waals surface area contributed by atoms with Crippen molar-refractivity contribution in [3.05, 3.63) is 81.8 Å². The van der Waals surface area contributed by atoms with E-state index < -0.39 is 23.9 Å². The Bertz CT molecular complexity index is 1040. The molecule has 0 aromatic heterocycles. The van der Waals surface area contributed by atoms with Gasteiger partial charge in [-0.25, -0.2) is 14.0 Å². The second kappa shape index (κ2) is 8.16. The van der Waals surface area contributed by atoms with Crippen LogP contribution >= 0.6 is 11.6 Å². The Kier molecular flexibility index (Phi) is 5.41. The highest BCUT2D eigenvalue weighted by Crippen LogP contribution is 2.35. The van der Waals surface area contributed by atoms with Crippen LogP contribution in [0.25, 0.3) is 0 Å². The zero-order valence-corrected chi connectivity index (χ0v) is 16.4. The van der Waals surface area contributed by atoms with Crippen molar-refractivity contribution >= 4 is 29.5 Å². The van der Waals surface area contributed by atoms with Gasteiger partial charge in [-0.15, -0.1) is 0 Å². The number of hydrogen-bond donors (Lipinski definition) is 2. The number of ether oxygens (including phenoxy) is 1. The fourth-order valence-corrected chi connectivity index (χ4v) is 3.51. The largest absolute Gasteiger partial charge is 0.456 e. The van der Waals surface area contributed by atoms with E-state index in [4.69, 9.17) is 16.3 Å². The van der Waals surface area contributed by atoms with Gasteiger partial charge in [-0.2, -0.15) is 0 Å². The second-order valence-corrected chi connectivity index (χ2v) is 7.30. The van der Waals surface area contributed by atoms with Crippen molar-refractivity contribution in [2.75, 3.05) is 13.2 Å². The lowest BCUT2D eigenvalue weighted by Gasteiger charge is -2.32. The first-order valence-electron chi connectivity index (χ1n) is 9.17. The lowest BCUT2D eigenvalue weighted by molar-refractivity contribution is -0.136. The Balaban J connectivity index is 1.51. The summed E-state index contributed by atoms with van der Waals surface area (Å²) in [5, 5.41) is 5.96. The highest BCUT2D eigenvalue weighted by Gasteiger charge is 2.42. The first kappa shape index (κ1) is 19.9. The monoisotopic (exact) mass is 429 g/mol. The number of carbonyl (C=O) groups excluding carboxylic acids is 3. The summed E-state index contributed by atoms with van der Waals surface area (Å²) in [5.74, 6) is -1.33. The van der Waals surface area contributed by atoms with Crippen LogP contribution in [0.5, 0.6) is 0 Å². The van der Waals surface area contributed by atoms with Gasteiger partial charge in [-0.3, -0.25) is 9.69 Å². The Hall–Kier alpha value is -3.39. The van der Waals surface area contributed by atoms with Gasteiger partial charge in [0.1, 0.15) is 19.0 Å². The van der Waals surface area contributed by atoms with E-state index >= 15 is 0 Å². The number of rotatable bonds is 5. The summed E-state index contributed by atoms with van der Waals surface area (Å²) in [5.41, 5.74) is 2.05. The van der Waals surface area contributed by atoms with Crippen molar-refractivity contribution in [2.45, 2.75) is 12.6 Å². The number of carbonyl (C=O) groups is 3. The van der Waals surface area contributed by atoms with Crippen LogP contribution in [-0.2, 0) is 20.9 Å². The molecular weight excluding hydrogens is 413 g/mol. The molecule has 0 radical (unpaired) electrons. The predicted octanol–water partition coefficient (Wildman–Crippen LogP) is 2.67. The molecule has 2 aromatic rings. The maximum absolute atomic E-state index is 13.0. The van der Waals surface area contributed by atoms with E-state index in [1.165, 1.54) is 17.0 Å². The minimum absolute atomic E-state index is 0.0864. The molecular formula is C21H17ClFN3O4. The van der Waals surface area contributed by atoms with Gasteiger partial charge in [-0.05, 0) is 35.4 Å². The topological polar surface area (TPSA) is 87.7 Å². The summed E-state index contributed by atoms with van der Waals surface area (Å²) < 4.78 is 18.1. The number of nitrogens with zero attached hydrogens (tertiary/aromatic N) is 1. The summed E-state index contributed by atoms with van der Waals surface area (Å²) in [6.07, 6.45) is 0. The van der Waals surface area contributed by atoms with Crippen molar-refractivity contribution in [3.63, 3.8) is 0 Å². The van der Waals surface area contributed by atoms with Crippen LogP contribution in [0, 0.1) is 5.82 Å². The maximum atomic E-state index is 13.0. The lowest BCUT2D eigenvalue weighted by Crippen LogP contribution is -2.50. The number of cyclic esters (lactones) is 1. The van der Waals surface area contributed by atoms with Crippen molar-refractivity contribution in [2.24, 2.45) is 0 Å². The SMILES string of the molecule is O=C(CN1C(=O)N[C@H](c2ccc(Cl)cc2)C2=C1COC2=O)NCc1ccc(F)cc1. The minimum Gasteiger partial charge on any atom is -0.456 e. The van der Waals surface area contributed by atoms with Crippen LogP contribution < -0.4 is 10.6 Å². The fraction of sp³-hybridized carbons (Fsp3) is 0.190. The fourth-order valence-electron chi connectivity index (χ4n) is 3.39. The minimum atomic E-state index is -0.682. The molecule has 0 spiro atoms. The standard InChI is InChI=1S/C21H17ClFN3O4/c22-14-5-3-13(4-6-14)19-18-16(11-30-20(18)28)26(21(29)25-19)10-17(27)24-9-12-1-7-15(23)8-2-12/h1-8,19H,9-11H2,(H,24,27)(H,25,29)/t19-/m1/s1. The molecule has 0 fully saturated rings. The van der Waals surface area contributed by atoms with E-state index in [0.29, 0.717) is 21.9 Å². The molecule has 0 saturated heterocycles. The molecule has 30 heavy (non-hydrogen) atoms. The normalized spacial score (nSPS) is 18.1. The number of hydrogen-bond acceptors (Lipinski definition) is 4. The quantitative estimate of drug-likeness (QED) is 0.715. The molecule has 2 aliphatic rings. The summed E-state index contributed by atoms with van der Waals surface area (Å²) in [6, 6.07) is 11.3. The number of urea groups is 1. The highest BCUT2D eigenvalue weighted by molar-refractivity contribution is 6.30. The van der Waals surface area contributed by atoms with Crippen LogP contribution in [0.3, 0.4) is 0 Å². The first-order chi connectivity index (χ1) is 14.4. The molecule has 4 rings (SSSR count). The Morgan fingerprint density at radius 2 is 1.87 bits per heavy atom. The van der Waals surface area contributed by atoms with Crippen LogP contribution in [0.15, 0.2) is 59.8 Å². The van der Waals surface area contributed by atoms with Crippen LogP contribution in [0.2, 0.25) is 5.02 Å². The summed E-state index contributed by atoms with van der Waals surface area (Å²) in [6.45, 7) is -0.184. The average Bonchev–Trinajstić information content (AvgIpc) is 3.12. The molecule has 2 aromatic carbocycles. The molecule has 0 bridgehead atoms. The zero-order chi connectivity index (χ0) is 21.3. The third kappa shape index (κ3) is 3.99. The molecule has 2 heterocycles. The van der Waals surface area contributed by atoms with E-state index in [9.17, 15) is 18.8 Å². The van der Waals surface area contributed by atoms with Gasteiger partial charge >= 0.3 is 12.0 Å². The Labute approximate surface area is 176 Å². The average molecular weight is 430 g/mol. The number of benzene rings is 2. The van der Waals surface area contributed by atoms with E-state index in [-0.39, 0.29) is 25.5 Å². The molecule has 0 saturated carbocycles. The third-order valence-electron chi connectivity index (χ3n) is 4.91. The Morgan fingerprint density at radius 1 is 1.17 bits per heavy atom. The van der Waals surface area contributed by atoms with Crippen LogP contribution in [0.4, 0.5) is 9.18 Å². The maximum Gasteiger partial charge on any atom is 0.338 e. The highest BCUT2D eigenvalue weighted by atomic mass is 35.5. The number of esters is 1. The van der Waals surface area contributed by atoms with E-state index in [1.807, 2.05) is 0 Å². The summed E-state index contributed by atoms with van der Waals surface area (Å²) >= 11 is 5.92. The van der Waals surface area contributed by atoms with Crippen LogP contribution in [-0.4, -0.2) is 36.0 Å². The van der Waals surface area contributed by atoms with Crippen molar-refractivity contribution in [1.82, 2.24) is 15.5 Å². The van der Waals surface area contributed by atoms with Gasteiger partial charge in [0.05, 0.1) is 17.3 Å². The van der Waals surface area contributed by atoms with E-state index in [1.54, 1.807) is 36.4 Å². The van der Waals surface area contributed by atoms with Crippen molar-refractivity contribution in [1.29, 1.82) is 0 Å². The molecule has 0 unspecified atom stereocenters. The van der Waals surface area contributed by atoms with Gasteiger partial charge in [-0.1, -0.05) is 35.9 Å². The molecule has 154 valence electrons. The molecule has 2 aliphatic heterocycles. The number of halogens is 2. The Morgan fingerprint density at radius 3 is 2.57 bits per heavy atom. The molecule has 7 nitrogen and oxygen atoms in total. The van der Waals surface area contributed by atoms with Crippen molar-refractivity contribution < 1.29 is 23.5 Å². The van der Waals surface area contributed by atoms with Crippen molar-refractivity contribution in [3.8, 4) is 0 Å². The zero-order valence-electron chi connectivity index (χ0n) is 15.7. The van der Waals surface area contributed by atoms with E-state index in [0.717, 1.165) is 5.56 Å². The number of amides is 3. The first-order valence-corrected chi connectivity index (χ1v) is 9.55. The van der Waals surface area contributed by atoms with Gasteiger partial charge in [0, 0.05) is 11.6 Å². The second-order valence-electron chi connectivity index (χ2n) is 6.86. The van der Waals surface area contributed by atoms with Gasteiger partial charge < -0.3 is 15.4 Å². The smallest absolute Gasteiger partial charge is 0.338 e. The van der Waals surface area contributed by atoms with Gasteiger partial charge in [0.25, 0.3) is 0 Å². The van der Waals surface area contributed by atoms with Gasteiger partial charge in [0.2, 0.25) is 5.91 Å². The van der Waals surface area contributed by atoms with E-state index in [2.05, 4.69) is 10.6 Å². The molecule has 0 aliphatic carbocycles. The van der Waals surface area contributed by atoms with Crippen LogP contribution in [0.1, 0.15) is 17.2 Å². The predicted molar refractivity (Wildman–Crippen MR) is 106 cm³/mol. The van der Waals surface area contributed by atoms with Gasteiger partial charge in [0.15, 0.2) is 0 Å². The third-order valence-corrected chi connectivity index (χ3v) is 5.16. The summed E-state index contributed by atoms with van der Waals surface area (Å²) in [7, 11) is 0. The number of nitrogens with one attached hydrogen (secondary N) is 2. The lowest BCUT2D eigenvalue weighted by atomic mass is 9.96. The molecule has 2 N–H and O–H groups in total.